The van der Waals surface area contributed by atoms with E-state index in [1.54, 1.807) is 0 Å². The summed E-state index contributed by atoms with van der Waals surface area (Å²) in [4.78, 5) is 18.8. The van der Waals surface area contributed by atoms with E-state index in [1.165, 1.54) is 5.56 Å². The van der Waals surface area contributed by atoms with Gasteiger partial charge in [0.1, 0.15) is 11.9 Å². The minimum Gasteiger partial charge on any atom is -0.300 e. The molecule has 3 nitrogen and oxygen atoms in total. The highest BCUT2D eigenvalue weighted by Gasteiger charge is 2.44. The van der Waals surface area contributed by atoms with Crippen LogP contribution in [0, 0.1) is 0 Å². The molecule has 1 aliphatic rings. The van der Waals surface area contributed by atoms with Crippen molar-refractivity contribution in [3.8, 4) is 0 Å². The van der Waals surface area contributed by atoms with E-state index in [0.29, 0.717) is 18.6 Å². The van der Waals surface area contributed by atoms with Crippen molar-refractivity contribution in [2.75, 3.05) is 0 Å². The zero-order valence-corrected chi connectivity index (χ0v) is 16.3. The van der Waals surface area contributed by atoms with E-state index >= 15 is 0 Å². The number of carbonyl (C=O) groups excluding carboxylic acids is 1. The molecule has 3 heteroatoms. The highest BCUT2D eigenvalue weighted by atomic mass is 16.7. The van der Waals surface area contributed by atoms with Crippen LogP contribution >= 0.6 is 0 Å². The van der Waals surface area contributed by atoms with Crippen LogP contribution in [0.3, 0.4) is 0 Å². The number of benzene rings is 1. The average molecular weight is 344 g/mol. The maximum absolute atomic E-state index is 12.2. The van der Waals surface area contributed by atoms with Gasteiger partial charge in [-0.1, -0.05) is 36.4 Å². The Morgan fingerprint density at radius 1 is 1.20 bits per heavy atom. The van der Waals surface area contributed by atoms with Gasteiger partial charge >= 0.3 is 0 Å². The minimum atomic E-state index is -0.317. The molecule has 1 aromatic carbocycles. The predicted molar refractivity (Wildman–Crippen MR) is 103 cm³/mol. The lowest BCUT2D eigenvalue weighted by molar-refractivity contribution is -0.293. The molecule has 0 saturated carbocycles. The Morgan fingerprint density at radius 2 is 1.88 bits per heavy atom. The Bertz CT molecular complexity index is 577. The van der Waals surface area contributed by atoms with Crippen LogP contribution in [0.4, 0.5) is 0 Å². The lowest BCUT2D eigenvalue weighted by atomic mass is 9.95. The molecule has 0 spiro atoms. The fourth-order valence-corrected chi connectivity index (χ4v) is 3.82. The topological polar surface area (TPSA) is 29.5 Å². The first-order chi connectivity index (χ1) is 11.8. The molecule has 1 fully saturated rings. The van der Waals surface area contributed by atoms with Crippen LogP contribution in [0.2, 0.25) is 0 Å². The van der Waals surface area contributed by atoms with Crippen molar-refractivity contribution >= 4 is 5.78 Å². The SMILES string of the molecule is C=CCCCC(ON1C(C)(C)CCC(=O)CC1(C)C)c1ccccc1. The van der Waals surface area contributed by atoms with Crippen molar-refractivity contribution in [2.24, 2.45) is 0 Å². The van der Waals surface area contributed by atoms with Gasteiger partial charge in [-0.15, -0.1) is 6.58 Å². The summed E-state index contributed by atoms with van der Waals surface area (Å²) in [6.07, 6.45) is 6.89. The number of ketones is 1. The van der Waals surface area contributed by atoms with Crippen LogP contribution in [0.5, 0.6) is 0 Å². The van der Waals surface area contributed by atoms with Gasteiger partial charge in [0.05, 0.1) is 0 Å². The van der Waals surface area contributed by atoms with Crippen molar-refractivity contribution in [3.05, 3.63) is 48.6 Å². The highest BCUT2D eigenvalue weighted by molar-refractivity contribution is 5.80. The Labute approximate surface area is 153 Å². The summed E-state index contributed by atoms with van der Waals surface area (Å²) < 4.78 is 0. The fraction of sp³-hybridized carbons (Fsp3) is 0.591. The largest absolute Gasteiger partial charge is 0.300 e. The summed E-state index contributed by atoms with van der Waals surface area (Å²) in [5, 5.41) is 2.11. The van der Waals surface area contributed by atoms with Crippen LogP contribution in [-0.4, -0.2) is 21.9 Å². The summed E-state index contributed by atoms with van der Waals surface area (Å²) in [5.41, 5.74) is 0.692. The molecule has 1 unspecified atom stereocenters. The van der Waals surface area contributed by atoms with E-state index in [4.69, 9.17) is 4.84 Å². The first kappa shape index (κ1) is 19.9. The van der Waals surface area contributed by atoms with Crippen LogP contribution in [0.15, 0.2) is 43.0 Å². The number of hydrogen-bond acceptors (Lipinski definition) is 3. The van der Waals surface area contributed by atoms with Crippen molar-refractivity contribution in [3.63, 3.8) is 0 Å². The van der Waals surface area contributed by atoms with Crippen molar-refractivity contribution in [2.45, 2.75) is 83.4 Å². The molecule has 1 saturated heterocycles. The molecular formula is C22H33NO2. The molecule has 0 N–H and O–H groups in total. The van der Waals surface area contributed by atoms with E-state index in [0.717, 1.165) is 25.7 Å². The molecule has 1 heterocycles. The molecule has 1 atom stereocenters. The zero-order valence-electron chi connectivity index (χ0n) is 16.3. The standard InChI is InChI=1S/C22H33NO2/c1-6-7-9-14-20(18-12-10-8-11-13-18)25-23-21(2,3)16-15-19(24)17-22(23,4)5/h6,8,10-13,20H,1,7,9,14-17H2,2-5H3. The molecule has 0 bridgehead atoms. The van der Waals surface area contributed by atoms with Gasteiger partial charge in [0.2, 0.25) is 0 Å². The van der Waals surface area contributed by atoms with Gasteiger partial charge in [0, 0.05) is 23.9 Å². The third-order valence-electron chi connectivity index (χ3n) is 5.02. The van der Waals surface area contributed by atoms with Gasteiger partial charge in [0.15, 0.2) is 0 Å². The number of hydroxylamine groups is 2. The van der Waals surface area contributed by atoms with E-state index in [-0.39, 0.29) is 17.2 Å². The van der Waals surface area contributed by atoms with E-state index in [1.807, 2.05) is 12.1 Å². The fourth-order valence-electron chi connectivity index (χ4n) is 3.82. The monoisotopic (exact) mass is 343 g/mol. The van der Waals surface area contributed by atoms with Crippen LogP contribution in [-0.2, 0) is 9.63 Å². The second kappa shape index (κ2) is 8.29. The Kier molecular flexibility index (Phi) is 6.59. The Morgan fingerprint density at radius 3 is 2.52 bits per heavy atom. The maximum Gasteiger partial charge on any atom is 0.134 e. The average Bonchev–Trinajstić information content (AvgIpc) is 2.63. The summed E-state index contributed by atoms with van der Waals surface area (Å²) in [6, 6.07) is 10.4. The van der Waals surface area contributed by atoms with Crippen LogP contribution in [0.1, 0.15) is 77.9 Å². The molecule has 138 valence electrons. The molecule has 0 aliphatic carbocycles. The van der Waals surface area contributed by atoms with Crippen molar-refractivity contribution in [1.82, 2.24) is 5.06 Å². The van der Waals surface area contributed by atoms with Gasteiger partial charge in [-0.3, -0.25) is 9.63 Å². The summed E-state index contributed by atoms with van der Waals surface area (Å²) in [5.74, 6) is 0.326. The molecular weight excluding hydrogens is 310 g/mol. The number of allylic oxidation sites excluding steroid dienone is 1. The molecule has 0 aromatic heterocycles. The number of nitrogens with zero attached hydrogens (tertiary/aromatic N) is 1. The highest BCUT2D eigenvalue weighted by Crippen LogP contribution is 2.39. The summed E-state index contributed by atoms with van der Waals surface area (Å²) >= 11 is 0. The Balaban J connectivity index is 2.27. The third-order valence-corrected chi connectivity index (χ3v) is 5.02. The van der Waals surface area contributed by atoms with Gasteiger partial charge in [-0.05, 0) is 58.9 Å². The number of hydrogen-bond donors (Lipinski definition) is 0. The van der Waals surface area contributed by atoms with Gasteiger partial charge < -0.3 is 0 Å². The van der Waals surface area contributed by atoms with Gasteiger partial charge in [0.25, 0.3) is 0 Å². The van der Waals surface area contributed by atoms with E-state index < -0.39 is 0 Å². The molecule has 0 amide bonds. The number of Topliss-reactive ketones (excluding diaryl/α,β-unsaturated/α-hetero) is 1. The van der Waals surface area contributed by atoms with Crippen LogP contribution in [0.25, 0.3) is 0 Å². The predicted octanol–water partition coefficient (Wildman–Crippen LogP) is 5.63. The van der Waals surface area contributed by atoms with Gasteiger partial charge in [-0.25, -0.2) is 0 Å². The van der Waals surface area contributed by atoms with Crippen molar-refractivity contribution in [1.29, 1.82) is 0 Å². The quantitative estimate of drug-likeness (QED) is 0.475. The lowest BCUT2D eigenvalue weighted by Crippen LogP contribution is -2.54. The number of carbonyl (C=O) groups is 1. The summed E-state index contributed by atoms with van der Waals surface area (Å²) in [6.45, 7) is 12.4. The van der Waals surface area contributed by atoms with Crippen LogP contribution < -0.4 is 0 Å². The molecule has 0 radical (unpaired) electrons. The first-order valence-electron chi connectivity index (χ1n) is 9.41. The minimum absolute atomic E-state index is 0.00657. The molecule has 1 aromatic rings. The third kappa shape index (κ3) is 5.26. The molecule has 1 aliphatic heterocycles. The Hall–Kier alpha value is -1.45. The first-order valence-corrected chi connectivity index (χ1v) is 9.41. The lowest BCUT2D eigenvalue weighted by Gasteiger charge is -2.47. The second-order valence-electron chi connectivity index (χ2n) is 8.36. The molecule has 25 heavy (non-hydrogen) atoms. The smallest absolute Gasteiger partial charge is 0.134 e. The van der Waals surface area contributed by atoms with E-state index in [9.17, 15) is 4.79 Å². The summed E-state index contributed by atoms with van der Waals surface area (Å²) in [7, 11) is 0. The van der Waals surface area contributed by atoms with Crippen molar-refractivity contribution < 1.29 is 9.63 Å². The maximum atomic E-state index is 12.2. The normalized spacial score (nSPS) is 21.5. The number of unbranched alkanes of at least 4 members (excludes halogenated alkanes) is 1. The number of rotatable bonds is 7. The second-order valence-corrected chi connectivity index (χ2v) is 8.36. The van der Waals surface area contributed by atoms with E-state index in [2.05, 4.69) is 63.6 Å². The van der Waals surface area contributed by atoms with Gasteiger partial charge in [-0.2, -0.15) is 5.06 Å². The molecule has 2 rings (SSSR count). The zero-order chi connectivity index (χ0) is 18.5.